The van der Waals surface area contributed by atoms with Gasteiger partial charge in [-0.15, -0.1) is 0 Å². The maximum absolute atomic E-state index is 13.6. The topological polar surface area (TPSA) is 98.5 Å². The predicted octanol–water partition coefficient (Wildman–Crippen LogP) is 3.71. The molecule has 3 aliphatic rings. The van der Waals surface area contributed by atoms with Crippen LogP contribution in [0.5, 0.6) is 5.75 Å². The van der Waals surface area contributed by atoms with Crippen LogP contribution in [0.15, 0.2) is 36.4 Å². The molecule has 3 N–H and O–H groups in total. The van der Waals surface area contributed by atoms with Crippen LogP contribution >= 0.6 is 0 Å². The highest BCUT2D eigenvalue weighted by Gasteiger charge is 2.47. The van der Waals surface area contributed by atoms with E-state index >= 15 is 0 Å². The van der Waals surface area contributed by atoms with E-state index in [9.17, 15) is 9.90 Å². The number of aliphatic hydroxyl groups excluding tert-OH is 1. The number of rotatable bonds is 7. The van der Waals surface area contributed by atoms with Gasteiger partial charge in [0.25, 0.3) is 5.91 Å². The number of hydrogen-bond donors (Lipinski definition) is 2. The minimum atomic E-state index is 0.0107. The van der Waals surface area contributed by atoms with E-state index in [2.05, 4.69) is 33.4 Å². The van der Waals surface area contributed by atoms with E-state index in [0.717, 1.165) is 59.4 Å². The van der Waals surface area contributed by atoms with E-state index in [-0.39, 0.29) is 24.6 Å². The molecule has 8 heteroatoms. The average molecular weight is 514 g/mol. The Kier molecular flexibility index (Phi) is 5.53. The fourth-order valence-electron chi connectivity index (χ4n) is 6.92. The zero-order valence-electron chi connectivity index (χ0n) is 22.1. The molecule has 2 aliphatic carbocycles. The number of amides is 1. The van der Waals surface area contributed by atoms with Crippen molar-refractivity contribution in [3.8, 4) is 17.3 Å². The van der Waals surface area contributed by atoms with Crippen molar-refractivity contribution in [1.82, 2.24) is 19.0 Å². The van der Waals surface area contributed by atoms with Gasteiger partial charge in [-0.3, -0.25) is 4.79 Å². The van der Waals surface area contributed by atoms with Crippen LogP contribution in [0.2, 0.25) is 0 Å². The van der Waals surface area contributed by atoms with Gasteiger partial charge < -0.3 is 29.6 Å². The highest BCUT2D eigenvalue weighted by Crippen LogP contribution is 2.40. The molecular formula is C30H35N5O3. The molecule has 8 nitrogen and oxygen atoms in total. The Morgan fingerprint density at radius 3 is 2.68 bits per heavy atom. The number of para-hydroxylation sites is 1. The first kappa shape index (κ1) is 23.7. The predicted molar refractivity (Wildman–Crippen MR) is 147 cm³/mol. The second kappa shape index (κ2) is 8.85. The van der Waals surface area contributed by atoms with Crippen LogP contribution in [0.3, 0.4) is 0 Å². The number of aliphatic hydroxyl groups is 1. The quantitative estimate of drug-likeness (QED) is 0.393. The third-order valence-corrected chi connectivity index (χ3v) is 9.07. The third-order valence-electron chi connectivity index (χ3n) is 9.07. The lowest BCUT2D eigenvalue weighted by Gasteiger charge is -2.27. The van der Waals surface area contributed by atoms with Crippen LogP contribution in [0, 0.1) is 11.8 Å². The summed E-state index contributed by atoms with van der Waals surface area (Å²) in [5.74, 6) is 2.57. The van der Waals surface area contributed by atoms with Crippen LogP contribution in [0.1, 0.15) is 41.6 Å². The smallest absolute Gasteiger partial charge is 0.254 e. The van der Waals surface area contributed by atoms with Gasteiger partial charge in [0.15, 0.2) is 5.82 Å². The second-order valence-corrected chi connectivity index (χ2v) is 11.4. The van der Waals surface area contributed by atoms with Gasteiger partial charge >= 0.3 is 0 Å². The summed E-state index contributed by atoms with van der Waals surface area (Å²) >= 11 is 0. The summed E-state index contributed by atoms with van der Waals surface area (Å²) in [6.45, 7) is 1.78. The van der Waals surface area contributed by atoms with Crippen LogP contribution in [0.25, 0.3) is 33.5 Å². The lowest BCUT2D eigenvalue weighted by molar-refractivity contribution is 0.0700. The average Bonchev–Trinajstić information content (AvgIpc) is 3.31. The number of methoxy groups -OCH3 is 1. The number of nitrogens with zero attached hydrogens (tertiary/aromatic N) is 4. The molecule has 38 heavy (non-hydrogen) atoms. The standard InChI is InChI=1S/C30H35N5O3/c1-33-28-22(12-21(14-25(28)38-2)30(37)35-16-20-8-9-23(35)26(20)31)32-29(33)24-13-19-5-3-4-18(10-11-36)27(19)34(24)15-17-6-7-17/h3-5,12-14,17,20,23,26,36H,6-11,15-16,31H2,1-2H3/t20-,23-,26?/m1/s1. The number of piperidine rings is 1. The zero-order valence-corrected chi connectivity index (χ0v) is 22.1. The van der Waals surface area contributed by atoms with Crippen molar-refractivity contribution in [1.29, 1.82) is 0 Å². The molecule has 2 bridgehead atoms. The molecule has 0 spiro atoms. The highest BCUT2D eigenvalue weighted by atomic mass is 16.5. The number of aromatic nitrogens is 3. The Labute approximate surface area is 222 Å². The Morgan fingerprint density at radius 1 is 1.16 bits per heavy atom. The first-order valence-corrected chi connectivity index (χ1v) is 13.8. The minimum Gasteiger partial charge on any atom is -0.494 e. The zero-order chi connectivity index (χ0) is 26.1. The Balaban J connectivity index is 1.36. The monoisotopic (exact) mass is 513 g/mol. The molecule has 1 saturated heterocycles. The van der Waals surface area contributed by atoms with E-state index in [1.807, 2.05) is 24.1 Å². The van der Waals surface area contributed by atoms with Crippen LogP contribution < -0.4 is 10.5 Å². The molecule has 198 valence electrons. The summed E-state index contributed by atoms with van der Waals surface area (Å²) in [5.41, 5.74) is 12.0. The van der Waals surface area contributed by atoms with Gasteiger partial charge in [0.1, 0.15) is 11.3 Å². The first-order valence-electron chi connectivity index (χ1n) is 13.8. The molecule has 3 fully saturated rings. The number of carbonyl (C=O) groups excluding carboxylic acids is 1. The van der Waals surface area contributed by atoms with Gasteiger partial charge in [-0.05, 0) is 67.7 Å². The van der Waals surface area contributed by atoms with E-state index in [1.165, 1.54) is 18.4 Å². The van der Waals surface area contributed by atoms with Gasteiger partial charge in [-0.1, -0.05) is 18.2 Å². The number of fused-ring (bicyclic) bond motifs is 4. The summed E-state index contributed by atoms with van der Waals surface area (Å²) < 4.78 is 10.3. The molecule has 7 rings (SSSR count). The summed E-state index contributed by atoms with van der Waals surface area (Å²) in [5, 5.41) is 10.9. The molecule has 2 saturated carbocycles. The van der Waals surface area contributed by atoms with E-state index in [0.29, 0.717) is 29.6 Å². The number of carbonyl (C=O) groups is 1. The number of hydrogen-bond acceptors (Lipinski definition) is 5. The SMILES string of the molecule is COc1cc(C(=O)N2C[C@H]3CC[C@@H]2C3N)cc2nc(-c3cc4cccc(CCO)c4n3CC3CC3)n(C)c12. The van der Waals surface area contributed by atoms with Gasteiger partial charge in [0.05, 0.1) is 23.8 Å². The molecule has 1 unspecified atom stereocenters. The van der Waals surface area contributed by atoms with Crippen LogP contribution in [-0.2, 0) is 20.0 Å². The van der Waals surface area contributed by atoms with Crippen molar-refractivity contribution in [2.45, 2.75) is 50.7 Å². The molecule has 1 amide bonds. The number of ether oxygens (including phenoxy) is 1. The molecule has 4 aromatic rings. The fourth-order valence-corrected chi connectivity index (χ4v) is 6.92. The third kappa shape index (κ3) is 3.57. The number of imidazole rings is 1. The largest absolute Gasteiger partial charge is 0.494 e. The number of benzene rings is 2. The number of likely N-dealkylation sites (tertiary alicyclic amines) is 1. The number of aryl methyl sites for hydroxylation is 1. The number of nitrogens with two attached hydrogens (primary N) is 1. The second-order valence-electron chi connectivity index (χ2n) is 11.4. The lowest BCUT2D eigenvalue weighted by Crippen LogP contribution is -2.41. The first-order chi connectivity index (χ1) is 18.5. The maximum Gasteiger partial charge on any atom is 0.254 e. The lowest BCUT2D eigenvalue weighted by atomic mass is 10.1. The normalized spacial score (nSPS) is 22.7. The van der Waals surface area contributed by atoms with Gasteiger partial charge in [0.2, 0.25) is 0 Å². The molecule has 1 aliphatic heterocycles. The Bertz CT molecular complexity index is 1570. The minimum absolute atomic E-state index is 0.0107. The summed E-state index contributed by atoms with van der Waals surface area (Å²) in [7, 11) is 3.66. The van der Waals surface area contributed by atoms with E-state index < -0.39 is 0 Å². The summed E-state index contributed by atoms with van der Waals surface area (Å²) in [6, 6.07) is 12.5. The molecule has 2 aromatic carbocycles. The van der Waals surface area contributed by atoms with Gasteiger partial charge in [0, 0.05) is 49.8 Å². The van der Waals surface area contributed by atoms with Crippen molar-refractivity contribution in [2.24, 2.45) is 24.6 Å². The molecule has 3 heterocycles. The molecule has 2 aromatic heterocycles. The molecule has 3 atom stereocenters. The van der Waals surface area contributed by atoms with E-state index in [1.54, 1.807) is 7.11 Å². The van der Waals surface area contributed by atoms with Crippen LogP contribution in [-0.4, -0.2) is 62.4 Å². The van der Waals surface area contributed by atoms with Gasteiger partial charge in [-0.2, -0.15) is 0 Å². The fraction of sp³-hybridized carbons (Fsp3) is 0.467. The van der Waals surface area contributed by atoms with Gasteiger partial charge in [-0.25, -0.2) is 4.98 Å². The Hall–Kier alpha value is -3.36. The summed E-state index contributed by atoms with van der Waals surface area (Å²) in [4.78, 5) is 20.7. The molecular weight excluding hydrogens is 478 g/mol. The van der Waals surface area contributed by atoms with Crippen molar-refractivity contribution in [3.63, 3.8) is 0 Å². The van der Waals surface area contributed by atoms with Crippen LogP contribution in [0.4, 0.5) is 0 Å². The van der Waals surface area contributed by atoms with Crippen molar-refractivity contribution >= 4 is 27.8 Å². The maximum atomic E-state index is 13.6. The highest BCUT2D eigenvalue weighted by molar-refractivity contribution is 6.00. The van der Waals surface area contributed by atoms with E-state index in [4.69, 9.17) is 15.5 Å². The van der Waals surface area contributed by atoms with Crippen molar-refractivity contribution in [2.75, 3.05) is 20.3 Å². The molecule has 0 radical (unpaired) electrons. The van der Waals surface area contributed by atoms with Crippen molar-refractivity contribution < 1.29 is 14.6 Å². The van der Waals surface area contributed by atoms with Crippen molar-refractivity contribution in [3.05, 3.63) is 47.5 Å². The summed E-state index contributed by atoms with van der Waals surface area (Å²) in [6.07, 6.45) is 5.19. The Morgan fingerprint density at radius 2 is 2.00 bits per heavy atom.